The third kappa shape index (κ3) is 5.03. The molecule has 0 saturated heterocycles. The van der Waals surface area contributed by atoms with Gasteiger partial charge in [-0.25, -0.2) is 0 Å². The monoisotopic (exact) mass is 419 g/mol. The predicted molar refractivity (Wildman–Crippen MR) is 107 cm³/mol. The van der Waals surface area contributed by atoms with Gasteiger partial charge >= 0.3 is 0 Å². The van der Waals surface area contributed by atoms with Crippen LogP contribution in [0.4, 0.5) is 0 Å². The van der Waals surface area contributed by atoms with Crippen molar-refractivity contribution < 1.29 is 14.1 Å². The molecule has 1 heterocycles. The molecule has 8 heteroatoms. The van der Waals surface area contributed by atoms with Gasteiger partial charge in [-0.15, -0.1) is 0 Å². The van der Waals surface area contributed by atoms with Crippen LogP contribution in [0.25, 0.3) is 11.4 Å². The van der Waals surface area contributed by atoms with E-state index in [1.165, 1.54) is 4.90 Å². The summed E-state index contributed by atoms with van der Waals surface area (Å²) in [5.41, 5.74) is 0.782. The second-order valence-electron chi connectivity index (χ2n) is 6.19. The molecule has 0 radical (unpaired) electrons. The molecule has 3 aromatic rings. The van der Waals surface area contributed by atoms with E-state index < -0.39 is 6.10 Å². The highest BCUT2D eigenvalue weighted by atomic mass is 35.5. The highest BCUT2D eigenvalue weighted by Gasteiger charge is 2.24. The number of benzene rings is 2. The van der Waals surface area contributed by atoms with Crippen LogP contribution in [-0.4, -0.2) is 34.1 Å². The molecule has 146 valence electrons. The lowest BCUT2D eigenvalue weighted by Crippen LogP contribution is -2.39. The van der Waals surface area contributed by atoms with Gasteiger partial charge in [0.05, 0.1) is 6.54 Å². The van der Waals surface area contributed by atoms with Crippen molar-refractivity contribution in [2.75, 3.05) is 7.05 Å². The van der Waals surface area contributed by atoms with Crippen LogP contribution < -0.4 is 4.74 Å². The van der Waals surface area contributed by atoms with Gasteiger partial charge in [-0.1, -0.05) is 41.3 Å². The quantitative estimate of drug-likeness (QED) is 0.546. The maximum Gasteiger partial charge on any atom is 0.263 e. The van der Waals surface area contributed by atoms with Crippen LogP contribution in [0.5, 0.6) is 5.75 Å². The fourth-order valence-electron chi connectivity index (χ4n) is 2.57. The molecule has 1 atom stereocenters. The number of aromatic nitrogens is 2. The van der Waals surface area contributed by atoms with Crippen LogP contribution in [0.1, 0.15) is 19.2 Å². The molecule has 28 heavy (non-hydrogen) atoms. The van der Waals surface area contributed by atoms with E-state index in [1.807, 2.05) is 6.92 Å². The normalized spacial score (nSPS) is 11.9. The zero-order valence-corrected chi connectivity index (χ0v) is 16.9. The molecular formula is C20H19Cl2N3O3. The smallest absolute Gasteiger partial charge is 0.263 e. The first kappa shape index (κ1) is 20.2. The van der Waals surface area contributed by atoms with Crippen LogP contribution in [0.15, 0.2) is 53.1 Å². The largest absolute Gasteiger partial charge is 0.481 e. The van der Waals surface area contributed by atoms with E-state index in [2.05, 4.69) is 10.1 Å². The summed E-state index contributed by atoms with van der Waals surface area (Å²) in [6, 6.07) is 14.1. The second kappa shape index (κ2) is 9.08. The molecule has 0 N–H and O–H groups in total. The van der Waals surface area contributed by atoms with E-state index in [1.54, 1.807) is 55.6 Å². The van der Waals surface area contributed by atoms with Gasteiger partial charge in [-0.2, -0.15) is 4.98 Å². The number of ether oxygens (including phenoxy) is 1. The number of carbonyl (C=O) groups is 1. The molecule has 0 aliphatic rings. The Morgan fingerprint density at radius 2 is 1.93 bits per heavy atom. The highest BCUT2D eigenvalue weighted by molar-refractivity contribution is 6.30. The summed E-state index contributed by atoms with van der Waals surface area (Å²) in [4.78, 5) is 18.6. The number of hydrogen-bond donors (Lipinski definition) is 0. The number of amides is 1. The fraction of sp³-hybridized carbons (Fsp3) is 0.250. The molecular weight excluding hydrogens is 401 g/mol. The van der Waals surface area contributed by atoms with Crippen molar-refractivity contribution in [3.8, 4) is 17.1 Å². The number of likely N-dealkylation sites (N-methyl/N-ethyl adjacent to an activating group) is 1. The Labute approximate surface area is 173 Å². The van der Waals surface area contributed by atoms with Crippen molar-refractivity contribution in [1.29, 1.82) is 0 Å². The topological polar surface area (TPSA) is 68.5 Å². The summed E-state index contributed by atoms with van der Waals surface area (Å²) >= 11 is 11.9. The van der Waals surface area contributed by atoms with Gasteiger partial charge < -0.3 is 14.2 Å². The number of hydrogen-bond acceptors (Lipinski definition) is 5. The lowest BCUT2D eigenvalue weighted by molar-refractivity contribution is -0.138. The fourth-order valence-corrected chi connectivity index (χ4v) is 2.88. The SMILES string of the molecule is CC[C@H](Oc1cccc(Cl)c1)C(=O)N(C)Cc1nc(-c2ccc(Cl)cc2)no1. The predicted octanol–water partition coefficient (Wildman–Crippen LogP) is 4.86. The van der Waals surface area contributed by atoms with Gasteiger partial charge in [-0.05, 0) is 48.9 Å². The highest BCUT2D eigenvalue weighted by Crippen LogP contribution is 2.21. The number of carbonyl (C=O) groups excluding carboxylic acids is 1. The maximum atomic E-state index is 12.7. The van der Waals surface area contributed by atoms with Crippen LogP contribution >= 0.6 is 23.2 Å². The third-order valence-corrected chi connectivity index (χ3v) is 4.53. The van der Waals surface area contributed by atoms with Gasteiger partial charge in [0.2, 0.25) is 11.7 Å². The van der Waals surface area contributed by atoms with Gasteiger partial charge in [0.1, 0.15) is 5.75 Å². The Morgan fingerprint density at radius 1 is 1.18 bits per heavy atom. The summed E-state index contributed by atoms with van der Waals surface area (Å²) in [6.45, 7) is 2.06. The summed E-state index contributed by atoms with van der Waals surface area (Å²) in [6.07, 6.45) is -0.127. The average molecular weight is 420 g/mol. The van der Waals surface area contributed by atoms with Crippen molar-refractivity contribution in [3.63, 3.8) is 0 Å². The minimum Gasteiger partial charge on any atom is -0.481 e. The number of nitrogens with zero attached hydrogens (tertiary/aromatic N) is 3. The van der Waals surface area contributed by atoms with Crippen LogP contribution in [0, 0.1) is 0 Å². The zero-order valence-electron chi connectivity index (χ0n) is 15.4. The van der Waals surface area contributed by atoms with Crippen LogP contribution in [-0.2, 0) is 11.3 Å². The molecule has 0 spiro atoms. The molecule has 0 aliphatic heterocycles. The Hall–Kier alpha value is -2.57. The molecule has 0 saturated carbocycles. The molecule has 3 rings (SSSR count). The second-order valence-corrected chi connectivity index (χ2v) is 7.06. The summed E-state index contributed by atoms with van der Waals surface area (Å²) < 4.78 is 11.1. The zero-order chi connectivity index (χ0) is 20.1. The van der Waals surface area contributed by atoms with Crippen molar-refractivity contribution >= 4 is 29.1 Å². The standard InChI is InChI=1S/C20H19Cl2N3O3/c1-3-17(27-16-6-4-5-15(22)11-16)20(26)25(2)12-18-23-19(24-28-18)13-7-9-14(21)10-8-13/h4-11,17H,3,12H2,1-2H3/t17-/m0/s1. The average Bonchev–Trinajstić information content (AvgIpc) is 3.14. The van der Waals surface area contributed by atoms with Crippen molar-refractivity contribution in [2.24, 2.45) is 0 Å². The maximum absolute atomic E-state index is 12.7. The van der Waals surface area contributed by atoms with E-state index in [9.17, 15) is 4.79 Å². The van der Waals surface area contributed by atoms with Crippen molar-refractivity contribution in [2.45, 2.75) is 26.0 Å². The van der Waals surface area contributed by atoms with Gasteiger partial charge in [-0.3, -0.25) is 4.79 Å². The van der Waals surface area contributed by atoms with Gasteiger partial charge in [0.25, 0.3) is 5.91 Å². The van der Waals surface area contributed by atoms with E-state index in [0.29, 0.717) is 33.9 Å². The molecule has 0 unspecified atom stereocenters. The minimum atomic E-state index is -0.637. The number of rotatable bonds is 7. The summed E-state index contributed by atoms with van der Waals surface area (Å²) in [5, 5.41) is 5.14. The molecule has 0 fully saturated rings. The molecule has 1 aromatic heterocycles. The molecule has 0 bridgehead atoms. The molecule has 1 amide bonds. The first-order valence-electron chi connectivity index (χ1n) is 8.72. The Bertz CT molecular complexity index is 944. The Morgan fingerprint density at radius 3 is 2.61 bits per heavy atom. The summed E-state index contributed by atoms with van der Waals surface area (Å²) in [5.74, 6) is 1.13. The van der Waals surface area contributed by atoms with E-state index in [0.717, 1.165) is 5.56 Å². The van der Waals surface area contributed by atoms with E-state index in [4.69, 9.17) is 32.5 Å². The van der Waals surface area contributed by atoms with Crippen LogP contribution in [0.2, 0.25) is 10.0 Å². The summed E-state index contributed by atoms with van der Waals surface area (Å²) in [7, 11) is 1.67. The van der Waals surface area contributed by atoms with Crippen molar-refractivity contribution in [1.82, 2.24) is 15.0 Å². The molecule has 2 aromatic carbocycles. The Kier molecular flexibility index (Phi) is 6.54. The van der Waals surface area contributed by atoms with Crippen LogP contribution in [0.3, 0.4) is 0 Å². The molecule has 6 nitrogen and oxygen atoms in total. The first-order chi connectivity index (χ1) is 13.5. The lowest BCUT2D eigenvalue weighted by atomic mass is 10.2. The third-order valence-electron chi connectivity index (χ3n) is 4.04. The van der Waals surface area contributed by atoms with Gasteiger partial charge in [0.15, 0.2) is 6.10 Å². The first-order valence-corrected chi connectivity index (χ1v) is 9.47. The number of halogens is 2. The van der Waals surface area contributed by atoms with E-state index in [-0.39, 0.29) is 12.5 Å². The van der Waals surface area contributed by atoms with E-state index >= 15 is 0 Å². The Balaban J connectivity index is 1.65. The van der Waals surface area contributed by atoms with Gasteiger partial charge in [0, 0.05) is 22.7 Å². The minimum absolute atomic E-state index is 0.175. The lowest BCUT2D eigenvalue weighted by Gasteiger charge is -2.22. The van der Waals surface area contributed by atoms with Crippen molar-refractivity contribution in [3.05, 3.63) is 64.5 Å². The molecule has 0 aliphatic carbocycles.